The molecular formula is C13H18BrNO2. The fraction of sp³-hybridized carbons (Fsp3) is 0.462. The van der Waals surface area contributed by atoms with Gasteiger partial charge in [0, 0.05) is 18.3 Å². The zero-order valence-electron chi connectivity index (χ0n) is 10.0. The molecular weight excluding hydrogens is 282 g/mol. The molecule has 0 saturated carbocycles. The number of carbonyl (C=O) groups is 1. The largest absolute Gasteiger partial charge is 0.494 e. The van der Waals surface area contributed by atoms with Gasteiger partial charge in [0.1, 0.15) is 5.75 Å². The third-order valence-corrected chi connectivity index (χ3v) is 2.66. The summed E-state index contributed by atoms with van der Waals surface area (Å²) >= 11 is 3.24. The minimum Gasteiger partial charge on any atom is -0.494 e. The predicted octanol–water partition coefficient (Wildman–Crippen LogP) is 2.53. The van der Waals surface area contributed by atoms with Gasteiger partial charge in [-0.25, -0.2) is 0 Å². The zero-order valence-corrected chi connectivity index (χ0v) is 11.6. The van der Waals surface area contributed by atoms with Crippen molar-refractivity contribution >= 4 is 21.8 Å². The van der Waals surface area contributed by atoms with Crippen LogP contribution in [0.1, 0.15) is 18.9 Å². The summed E-state index contributed by atoms with van der Waals surface area (Å²) in [5, 5.41) is 3.58. The molecule has 0 saturated heterocycles. The molecule has 0 atom stereocenters. The van der Waals surface area contributed by atoms with Crippen molar-refractivity contribution in [3.05, 3.63) is 29.8 Å². The molecule has 1 amide bonds. The van der Waals surface area contributed by atoms with Crippen LogP contribution in [-0.2, 0) is 11.2 Å². The van der Waals surface area contributed by atoms with Gasteiger partial charge in [-0.3, -0.25) is 4.79 Å². The number of carbonyl (C=O) groups excluding carboxylic acids is 1. The number of hydrogen-bond donors (Lipinski definition) is 1. The second-order valence-corrected chi connectivity index (χ2v) is 4.41. The Morgan fingerprint density at radius 1 is 1.47 bits per heavy atom. The second kappa shape index (κ2) is 8.12. The maximum Gasteiger partial charge on any atom is 0.220 e. The molecule has 0 radical (unpaired) electrons. The van der Waals surface area contributed by atoms with Gasteiger partial charge in [-0.05, 0) is 31.0 Å². The van der Waals surface area contributed by atoms with Crippen molar-refractivity contribution in [2.75, 3.05) is 18.5 Å². The van der Waals surface area contributed by atoms with Crippen LogP contribution in [0.3, 0.4) is 0 Å². The first-order valence-corrected chi connectivity index (χ1v) is 6.92. The molecule has 17 heavy (non-hydrogen) atoms. The number of nitrogens with one attached hydrogen (secondary N) is 1. The van der Waals surface area contributed by atoms with Crippen molar-refractivity contribution in [1.29, 1.82) is 0 Å². The molecule has 0 aromatic heterocycles. The van der Waals surface area contributed by atoms with Crippen molar-refractivity contribution in [3.63, 3.8) is 0 Å². The highest BCUT2D eigenvalue weighted by Gasteiger charge is 2.00. The van der Waals surface area contributed by atoms with E-state index in [2.05, 4.69) is 21.2 Å². The van der Waals surface area contributed by atoms with E-state index < -0.39 is 0 Å². The van der Waals surface area contributed by atoms with Crippen LogP contribution in [0.2, 0.25) is 0 Å². The van der Waals surface area contributed by atoms with Crippen LogP contribution in [0.5, 0.6) is 5.75 Å². The molecule has 4 heteroatoms. The highest BCUT2D eigenvalue weighted by molar-refractivity contribution is 9.09. The first-order chi connectivity index (χ1) is 8.26. The molecule has 1 aromatic rings. The van der Waals surface area contributed by atoms with Crippen molar-refractivity contribution in [3.8, 4) is 5.75 Å². The summed E-state index contributed by atoms with van der Waals surface area (Å²) in [7, 11) is 0. The number of alkyl halides is 1. The van der Waals surface area contributed by atoms with Crippen LogP contribution in [0.25, 0.3) is 0 Å². The van der Waals surface area contributed by atoms with Gasteiger partial charge in [-0.1, -0.05) is 28.1 Å². The summed E-state index contributed by atoms with van der Waals surface area (Å²) in [5.41, 5.74) is 1.18. The van der Waals surface area contributed by atoms with Gasteiger partial charge in [-0.2, -0.15) is 0 Å². The number of hydrogen-bond acceptors (Lipinski definition) is 2. The Hall–Kier alpha value is -1.03. The summed E-state index contributed by atoms with van der Waals surface area (Å²) in [5.74, 6) is 0.972. The molecule has 3 nitrogen and oxygen atoms in total. The van der Waals surface area contributed by atoms with Gasteiger partial charge in [0.2, 0.25) is 5.91 Å². The molecule has 0 aliphatic heterocycles. The minimum absolute atomic E-state index is 0.0860. The SMILES string of the molecule is CCOc1cccc(CCNC(=O)CCBr)c1. The van der Waals surface area contributed by atoms with Crippen LogP contribution in [0.15, 0.2) is 24.3 Å². The van der Waals surface area contributed by atoms with E-state index in [1.165, 1.54) is 5.56 Å². The summed E-state index contributed by atoms with van der Waals surface area (Å²) < 4.78 is 5.42. The van der Waals surface area contributed by atoms with E-state index in [0.717, 1.165) is 12.2 Å². The van der Waals surface area contributed by atoms with E-state index in [9.17, 15) is 4.79 Å². The average molecular weight is 300 g/mol. The van der Waals surface area contributed by atoms with Gasteiger partial charge in [0.05, 0.1) is 6.61 Å². The lowest BCUT2D eigenvalue weighted by Gasteiger charge is -2.07. The van der Waals surface area contributed by atoms with Gasteiger partial charge < -0.3 is 10.1 Å². The second-order valence-electron chi connectivity index (χ2n) is 3.62. The van der Waals surface area contributed by atoms with Gasteiger partial charge in [0.25, 0.3) is 0 Å². The molecule has 0 aliphatic carbocycles. The standard InChI is InChI=1S/C13H18BrNO2/c1-2-17-12-5-3-4-11(10-12)7-9-15-13(16)6-8-14/h3-5,10H,2,6-9H2,1H3,(H,15,16). The number of ether oxygens (including phenoxy) is 1. The highest BCUT2D eigenvalue weighted by Crippen LogP contribution is 2.13. The summed E-state index contributed by atoms with van der Waals surface area (Å²) in [6, 6.07) is 7.97. The molecule has 0 bridgehead atoms. The van der Waals surface area contributed by atoms with E-state index in [1.807, 2.05) is 31.2 Å². The van der Waals surface area contributed by atoms with Gasteiger partial charge in [0.15, 0.2) is 0 Å². The Morgan fingerprint density at radius 3 is 3.00 bits per heavy atom. The first kappa shape index (κ1) is 14.0. The normalized spacial score (nSPS) is 10.0. The van der Waals surface area contributed by atoms with E-state index in [1.54, 1.807) is 0 Å². The van der Waals surface area contributed by atoms with Crippen molar-refractivity contribution in [2.24, 2.45) is 0 Å². The van der Waals surface area contributed by atoms with Crippen molar-refractivity contribution in [1.82, 2.24) is 5.32 Å². The van der Waals surface area contributed by atoms with Crippen molar-refractivity contribution in [2.45, 2.75) is 19.8 Å². The van der Waals surface area contributed by atoms with Crippen LogP contribution < -0.4 is 10.1 Å². The maximum atomic E-state index is 11.2. The fourth-order valence-corrected chi connectivity index (χ4v) is 1.84. The molecule has 1 rings (SSSR count). The average Bonchev–Trinajstić information content (AvgIpc) is 2.30. The lowest BCUT2D eigenvalue weighted by atomic mass is 10.1. The molecule has 0 aliphatic rings. The van der Waals surface area contributed by atoms with Crippen LogP contribution in [0.4, 0.5) is 0 Å². The third-order valence-electron chi connectivity index (χ3n) is 2.27. The Balaban J connectivity index is 2.35. The van der Waals surface area contributed by atoms with E-state index in [-0.39, 0.29) is 5.91 Å². The predicted molar refractivity (Wildman–Crippen MR) is 72.7 cm³/mol. The quantitative estimate of drug-likeness (QED) is 0.786. The van der Waals surface area contributed by atoms with Gasteiger partial charge >= 0.3 is 0 Å². The summed E-state index contributed by atoms with van der Waals surface area (Å²) in [4.78, 5) is 11.2. The monoisotopic (exact) mass is 299 g/mol. The topological polar surface area (TPSA) is 38.3 Å². The zero-order chi connectivity index (χ0) is 12.5. The van der Waals surface area contributed by atoms with E-state index in [4.69, 9.17) is 4.74 Å². The number of halogens is 1. The highest BCUT2D eigenvalue weighted by atomic mass is 79.9. The Labute approximate surface area is 111 Å². The van der Waals surface area contributed by atoms with Crippen LogP contribution in [-0.4, -0.2) is 24.4 Å². The molecule has 1 N–H and O–H groups in total. The van der Waals surface area contributed by atoms with Crippen LogP contribution in [0, 0.1) is 0 Å². The molecule has 0 fully saturated rings. The number of amides is 1. The smallest absolute Gasteiger partial charge is 0.220 e. The number of benzene rings is 1. The minimum atomic E-state index is 0.0860. The maximum absolute atomic E-state index is 11.2. The van der Waals surface area contributed by atoms with Crippen LogP contribution >= 0.6 is 15.9 Å². The molecule has 0 unspecified atom stereocenters. The van der Waals surface area contributed by atoms with Gasteiger partial charge in [-0.15, -0.1) is 0 Å². The molecule has 1 aromatic carbocycles. The molecule has 0 spiro atoms. The third kappa shape index (κ3) is 5.73. The Bertz CT molecular complexity index is 355. The Kier molecular flexibility index (Phi) is 6.70. The first-order valence-electron chi connectivity index (χ1n) is 5.80. The molecule has 0 heterocycles. The van der Waals surface area contributed by atoms with E-state index in [0.29, 0.717) is 24.9 Å². The summed E-state index contributed by atoms with van der Waals surface area (Å²) in [6.07, 6.45) is 1.36. The number of rotatable bonds is 7. The lowest BCUT2D eigenvalue weighted by Crippen LogP contribution is -2.25. The molecule has 94 valence electrons. The summed E-state index contributed by atoms with van der Waals surface area (Å²) in [6.45, 7) is 3.31. The lowest BCUT2D eigenvalue weighted by molar-refractivity contribution is -0.120. The Morgan fingerprint density at radius 2 is 2.29 bits per heavy atom. The fourth-order valence-electron chi connectivity index (χ4n) is 1.48. The van der Waals surface area contributed by atoms with E-state index >= 15 is 0 Å². The van der Waals surface area contributed by atoms with Crippen molar-refractivity contribution < 1.29 is 9.53 Å².